The van der Waals surface area contributed by atoms with Gasteiger partial charge in [0.2, 0.25) is 0 Å². The van der Waals surface area contributed by atoms with Crippen molar-refractivity contribution in [3.63, 3.8) is 0 Å². The van der Waals surface area contributed by atoms with Crippen LogP contribution in [0.1, 0.15) is 126 Å². The second kappa shape index (κ2) is 24.9. The van der Waals surface area contributed by atoms with Crippen LogP contribution in [0, 0.1) is 38.6 Å². The largest absolute Gasteiger partial charge is 4.00 e. The van der Waals surface area contributed by atoms with Gasteiger partial charge in [-0.1, -0.05) is 199 Å². The summed E-state index contributed by atoms with van der Waals surface area (Å²) in [7, 11) is 0. The molecule has 0 amide bonds. The van der Waals surface area contributed by atoms with Gasteiger partial charge in [-0.2, -0.15) is 0 Å². The van der Waals surface area contributed by atoms with Crippen LogP contribution in [-0.2, 0) is 25.7 Å². The first-order valence-electron chi connectivity index (χ1n) is 34.1. The number of benzene rings is 8. The molecule has 0 spiro atoms. The summed E-state index contributed by atoms with van der Waals surface area (Å²) < 4.78 is 0. The van der Waals surface area contributed by atoms with Crippen LogP contribution in [0.15, 0.2) is 170 Å². The molecule has 13 heteroatoms. The van der Waals surface area contributed by atoms with Crippen molar-refractivity contribution < 1.29 is 38.6 Å². The van der Waals surface area contributed by atoms with Gasteiger partial charge in [0.15, 0.2) is 0 Å². The fourth-order valence-electron chi connectivity index (χ4n) is 15.3. The zero-order valence-electron chi connectivity index (χ0n) is 55.5. The molecule has 6 aromatic heterocycles. The Bertz CT molecular complexity index is 5380. The standard InChI is InChI=1S/C48H24N8.C36H44N4.Tb/c1-2-10-26-18-34-33(17-25(26)9-1)41-49-42(34)54-44-37-21-29-13-5-6-14-30(29)22-38(37)46(51-44)56-48-40-24-32-16-8-7-15-31(32)23-39(40)47(52-48)55-45-36-20-28-12-4-3-11-27(28)19-35(36)43(50-45)53-41;1-9-21-22(10-2)30-18-32-25(13-5)26(14-6)34(39-32)20-36-28(16-8)27(15-7)35(40-36)19-33-24(12-4)23(11-3)31(38-33)17-29(21)37-30;/h1-24H;17-20H,9-16H2,1-8H3;/q2*-2;+4. The van der Waals surface area contributed by atoms with E-state index in [1.807, 2.05) is 48.5 Å². The second-order valence-corrected chi connectivity index (χ2v) is 25.2. The fraction of sp³-hybridized carbons (Fsp3) is 0.190. The molecule has 0 unspecified atom stereocenters. The Labute approximate surface area is 592 Å². The minimum absolute atomic E-state index is 0. The van der Waals surface area contributed by atoms with Gasteiger partial charge in [0.05, 0.1) is 46.1 Å². The zero-order chi connectivity index (χ0) is 65.0. The minimum Gasteiger partial charge on any atom is -0.657 e. The quantitative estimate of drug-likeness (QED) is 0.142. The average Bonchev–Trinajstić information content (AvgIpc) is 1.59. The second-order valence-electron chi connectivity index (χ2n) is 25.2. The van der Waals surface area contributed by atoms with Gasteiger partial charge in [0, 0.05) is 44.8 Å². The smallest absolute Gasteiger partial charge is 0.657 e. The molecule has 10 heterocycles. The molecule has 0 fully saturated rings. The van der Waals surface area contributed by atoms with E-state index in [1.54, 1.807) is 0 Å². The fourth-order valence-corrected chi connectivity index (χ4v) is 15.3. The molecule has 14 aromatic rings. The number of allylic oxidation sites excluding steroid dienone is 4. The van der Waals surface area contributed by atoms with E-state index < -0.39 is 0 Å². The third-order valence-electron chi connectivity index (χ3n) is 20.0. The van der Waals surface area contributed by atoms with Gasteiger partial charge in [0.25, 0.3) is 0 Å². The van der Waals surface area contributed by atoms with Gasteiger partial charge < -0.3 is 39.9 Å². The van der Waals surface area contributed by atoms with Gasteiger partial charge >= 0.3 is 38.6 Å². The number of hydrogen-bond acceptors (Lipinski definition) is 8. The summed E-state index contributed by atoms with van der Waals surface area (Å²) in [6.45, 7) is 17.9. The third kappa shape index (κ3) is 10.4. The molecule has 12 nitrogen and oxygen atoms in total. The number of nitrogens with zero attached hydrogens (tertiary/aromatic N) is 12. The van der Waals surface area contributed by atoms with E-state index in [9.17, 15) is 0 Å². The van der Waals surface area contributed by atoms with Crippen LogP contribution in [0.4, 0.5) is 0 Å². The van der Waals surface area contributed by atoms with Crippen molar-refractivity contribution in [1.82, 2.24) is 59.8 Å². The monoisotopic (exact) mass is 1400 g/mol. The van der Waals surface area contributed by atoms with Crippen molar-refractivity contribution in [3.05, 3.63) is 215 Å². The third-order valence-corrected chi connectivity index (χ3v) is 20.0. The number of hydrogen-bond donors (Lipinski definition) is 0. The van der Waals surface area contributed by atoms with E-state index in [0.717, 1.165) is 183 Å². The number of rotatable bonds is 8. The topological polar surface area (TPSA) is 160 Å². The maximum atomic E-state index is 5.25. The predicted molar refractivity (Wildman–Crippen MR) is 395 cm³/mol. The predicted octanol–water partition coefficient (Wildman–Crippen LogP) is 20.0. The Morgan fingerprint density at radius 2 is 0.454 bits per heavy atom. The Morgan fingerprint density at radius 1 is 0.237 bits per heavy atom. The van der Waals surface area contributed by atoms with Gasteiger partial charge in [-0.3, -0.25) is 0 Å². The summed E-state index contributed by atoms with van der Waals surface area (Å²) in [4.78, 5) is 62.6. The maximum absolute atomic E-state index is 5.25. The Kier molecular flexibility index (Phi) is 15.9. The Morgan fingerprint density at radius 3 is 0.660 bits per heavy atom. The number of aromatic nitrogens is 12. The Balaban J connectivity index is 0.000000160. The molecular formula is C84H68N12Tb. The zero-order valence-corrected chi connectivity index (χ0v) is 57.7. The van der Waals surface area contributed by atoms with Crippen molar-refractivity contribution >= 4 is 132 Å². The van der Waals surface area contributed by atoms with Crippen LogP contribution in [0.25, 0.3) is 177 Å². The maximum Gasteiger partial charge on any atom is 4.00 e. The molecule has 0 aliphatic carbocycles. The molecule has 473 valence electrons. The van der Waals surface area contributed by atoms with Crippen molar-refractivity contribution in [3.8, 4) is 45.6 Å². The van der Waals surface area contributed by atoms with Crippen molar-refractivity contribution in [2.24, 2.45) is 0 Å². The van der Waals surface area contributed by atoms with Crippen LogP contribution in [0.2, 0.25) is 0 Å². The molecule has 16 bridgehead atoms. The van der Waals surface area contributed by atoms with Crippen LogP contribution < -0.4 is 19.9 Å². The van der Waals surface area contributed by atoms with E-state index >= 15 is 0 Å². The average molecular weight is 1400 g/mol. The van der Waals surface area contributed by atoms with E-state index in [0.29, 0.717) is 45.9 Å². The van der Waals surface area contributed by atoms with Gasteiger partial charge in [0.1, 0.15) is 0 Å². The van der Waals surface area contributed by atoms with E-state index in [-0.39, 0.29) is 38.6 Å². The van der Waals surface area contributed by atoms with Crippen LogP contribution in [0.5, 0.6) is 0 Å². The summed E-state index contributed by atoms with van der Waals surface area (Å²) in [6.07, 6.45) is 7.60. The molecule has 0 N–H and O–H groups in total. The van der Waals surface area contributed by atoms with Crippen LogP contribution in [0.3, 0.4) is 0 Å². The van der Waals surface area contributed by atoms with Gasteiger partial charge in [-0.05, 0) is 187 Å². The summed E-state index contributed by atoms with van der Waals surface area (Å²) in [6, 6.07) is 59.4. The normalized spacial score (nSPS) is 12.7. The SMILES string of the molecule is CCC1=C(CC)c2cc3[n-]c(cc4nc(cc5[n-]c(cc1n2)c(CC)c5CC)C(CC)=C4CC)c(CC)c3CC.[Tb+4].c1ccc2cc3c(cc2c1)-c1nc-3nc2[n-]c(nc3nc(nc4[n-]c(n1)c1cc5ccccc5cc41)-c1cc4ccccc4cc1-3)c1cc3ccccc3cc21. The summed E-state index contributed by atoms with van der Waals surface area (Å²) in [5.74, 6) is 2.14. The first kappa shape index (κ1) is 61.9. The van der Waals surface area contributed by atoms with E-state index in [1.165, 1.54) is 44.5 Å². The van der Waals surface area contributed by atoms with Crippen LogP contribution in [-0.4, -0.2) is 39.9 Å². The Hall–Kier alpha value is -9.95. The molecule has 0 atom stereocenters. The number of aryl methyl sites for hydroxylation is 4. The summed E-state index contributed by atoms with van der Waals surface area (Å²) in [5.41, 5.74) is 24.8. The van der Waals surface area contributed by atoms with Crippen molar-refractivity contribution in [1.29, 1.82) is 0 Å². The molecular weight excluding hydrogens is 1340 g/mol. The number of fused-ring (bicyclic) bond motifs is 32. The molecule has 18 rings (SSSR count). The van der Waals surface area contributed by atoms with E-state index in [2.05, 4.69) is 177 Å². The van der Waals surface area contributed by atoms with E-state index in [4.69, 9.17) is 59.8 Å². The van der Waals surface area contributed by atoms with Gasteiger partial charge in [-0.15, -0.1) is 22.1 Å². The molecule has 97 heavy (non-hydrogen) atoms. The minimum atomic E-state index is 0. The molecule has 4 aliphatic heterocycles. The molecule has 4 aliphatic rings. The van der Waals surface area contributed by atoms with Crippen molar-refractivity contribution in [2.45, 2.75) is 107 Å². The molecule has 0 saturated carbocycles. The first-order chi connectivity index (χ1) is 47.1. The van der Waals surface area contributed by atoms with Crippen LogP contribution >= 0.6 is 0 Å². The first-order valence-corrected chi connectivity index (χ1v) is 34.1. The molecule has 0 saturated heterocycles. The van der Waals surface area contributed by atoms with Crippen molar-refractivity contribution in [2.75, 3.05) is 0 Å². The van der Waals surface area contributed by atoms with Gasteiger partial charge in [-0.25, -0.2) is 19.9 Å². The summed E-state index contributed by atoms with van der Waals surface area (Å²) in [5, 5.41) is 12.2. The molecule has 8 aromatic carbocycles. The molecule has 1 radical (unpaired) electrons. The summed E-state index contributed by atoms with van der Waals surface area (Å²) >= 11 is 0.